The van der Waals surface area contributed by atoms with Crippen LogP contribution >= 0.6 is 11.6 Å². The molecule has 30 heavy (non-hydrogen) atoms. The third-order valence-corrected chi connectivity index (χ3v) is 5.45. The highest BCUT2D eigenvalue weighted by Crippen LogP contribution is 2.37. The van der Waals surface area contributed by atoms with E-state index in [0.717, 1.165) is 47.7 Å². The molecule has 1 heterocycles. The second-order valence-electron chi connectivity index (χ2n) is 7.29. The van der Waals surface area contributed by atoms with Crippen LogP contribution in [0, 0.1) is 0 Å². The van der Waals surface area contributed by atoms with E-state index in [1.54, 1.807) is 6.07 Å². The van der Waals surface area contributed by atoms with Crippen LogP contribution in [0.1, 0.15) is 29.5 Å². The zero-order valence-electron chi connectivity index (χ0n) is 16.9. The van der Waals surface area contributed by atoms with Gasteiger partial charge in [-0.2, -0.15) is 0 Å². The summed E-state index contributed by atoms with van der Waals surface area (Å²) in [5, 5.41) is 6.89. The molecule has 0 aromatic heterocycles. The molecule has 4 rings (SSSR count). The number of nitrogens with one attached hydrogen (secondary N) is 2. The van der Waals surface area contributed by atoms with Crippen LogP contribution in [-0.4, -0.2) is 24.7 Å². The Morgan fingerprint density at radius 1 is 1.07 bits per heavy atom. The summed E-state index contributed by atoms with van der Waals surface area (Å²) in [7, 11) is 0. The minimum Gasteiger partial charge on any atom is -0.325 e. The first-order valence-corrected chi connectivity index (χ1v) is 10.6. The molecule has 1 unspecified atom stereocenters. The van der Waals surface area contributed by atoms with Crippen LogP contribution in [0.15, 0.2) is 77.8 Å². The lowest BCUT2D eigenvalue weighted by Gasteiger charge is -2.14. The summed E-state index contributed by atoms with van der Waals surface area (Å²) in [6.07, 6.45) is 0.975. The molecule has 1 atom stereocenters. The second-order valence-corrected chi connectivity index (χ2v) is 7.72. The van der Waals surface area contributed by atoms with E-state index >= 15 is 0 Å². The lowest BCUT2D eigenvalue weighted by Crippen LogP contribution is -2.21. The number of hydrogen-bond donors (Lipinski definition) is 2. The molecule has 1 aliphatic heterocycles. The normalized spacial score (nSPS) is 15.7. The van der Waals surface area contributed by atoms with Crippen molar-refractivity contribution in [3.8, 4) is 0 Å². The van der Waals surface area contributed by atoms with Crippen molar-refractivity contribution in [3.05, 3.63) is 94.5 Å². The SMILES string of the molecule is CCNCCc1ccc(N=C(c2ccccc2)C2C(=O)Nc3cc(Cl)ccc32)cc1. The fraction of sp³-hybridized carbons (Fsp3) is 0.200. The van der Waals surface area contributed by atoms with E-state index in [-0.39, 0.29) is 5.91 Å². The zero-order chi connectivity index (χ0) is 20.9. The van der Waals surface area contributed by atoms with Crippen LogP contribution in [-0.2, 0) is 11.2 Å². The third kappa shape index (κ3) is 4.45. The van der Waals surface area contributed by atoms with Crippen LogP contribution in [0.4, 0.5) is 11.4 Å². The van der Waals surface area contributed by atoms with Gasteiger partial charge in [-0.1, -0.05) is 67.1 Å². The predicted molar refractivity (Wildman–Crippen MR) is 124 cm³/mol. The fourth-order valence-electron chi connectivity index (χ4n) is 3.70. The van der Waals surface area contributed by atoms with Gasteiger partial charge >= 0.3 is 0 Å². The van der Waals surface area contributed by atoms with Gasteiger partial charge in [0.2, 0.25) is 5.91 Å². The Hall–Kier alpha value is -2.95. The van der Waals surface area contributed by atoms with E-state index in [4.69, 9.17) is 16.6 Å². The average Bonchev–Trinajstić information content (AvgIpc) is 3.08. The lowest BCUT2D eigenvalue weighted by molar-refractivity contribution is -0.115. The van der Waals surface area contributed by atoms with Gasteiger partial charge in [-0.05, 0) is 60.5 Å². The number of nitrogens with zero attached hydrogens (tertiary/aromatic N) is 1. The summed E-state index contributed by atoms with van der Waals surface area (Å²) in [5.74, 6) is -0.565. The Morgan fingerprint density at radius 2 is 1.83 bits per heavy atom. The molecule has 0 radical (unpaired) electrons. The summed E-state index contributed by atoms with van der Waals surface area (Å²) < 4.78 is 0. The smallest absolute Gasteiger partial charge is 0.238 e. The van der Waals surface area contributed by atoms with Gasteiger partial charge in [0.25, 0.3) is 0 Å². The molecular formula is C25H24ClN3O. The molecule has 5 heteroatoms. The average molecular weight is 418 g/mol. The van der Waals surface area contributed by atoms with Crippen molar-refractivity contribution in [2.24, 2.45) is 4.99 Å². The molecule has 0 aliphatic carbocycles. The van der Waals surface area contributed by atoms with Crippen molar-refractivity contribution in [2.45, 2.75) is 19.3 Å². The summed E-state index contributed by atoms with van der Waals surface area (Å²) in [4.78, 5) is 17.8. The van der Waals surface area contributed by atoms with Crippen molar-refractivity contribution in [1.29, 1.82) is 0 Å². The molecule has 3 aromatic carbocycles. The standard InChI is InChI=1S/C25H24ClN3O/c1-2-27-15-14-17-8-11-20(12-9-17)28-24(18-6-4-3-5-7-18)23-21-13-10-19(26)16-22(21)29-25(23)30/h3-13,16,23,27H,2,14-15H2,1H3,(H,29,30). The first kappa shape index (κ1) is 20.3. The number of rotatable bonds is 7. The number of hydrogen-bond acceptors (Lipinski definition) is 3. The second kappa shape index (κ2) is 9.24. The van der Waals surface area contributed by atoms with E-state index in [9.17, 15) is 4.79 Å². The first-order valence-electron chi connectivity index (χ1n) is 10.2. The van der Waals surface area contributed by atoms with E-state index < -0.39 is 5.92 Å². The molecule has 0 saturated heterocycles. The van der Waals surface area contributed by atoms with Crippen LogP contribution in [0.5, 0.6) is 0 Å². The number of likely N-dealkylation sites (N-methyl/N-ethyl adjacent to an activating group) is 1. The number of carbonyl (C=O) groups is 1. The molecule has 0 fully saturated rings. The minimum absolute atomic E-state index is 0.0860. The van der Waals surface area contributed by atoms with Gasteiger partial charge in [-0.25, -0.2) is 0 Å². The van der Waals surface area contributed by atoms with Gasteiger partial charge in [-0.15, -0.1) is 0 Å². The number of halogens is 1. The topological polar surface area (TPSA) is 53.5 Å². The highest BCUT2D eigenvalue weighted by Gasteiger charge is 2.35. The van der Waals surface area contributed by atoms with Crippen molar-refractivity contribution < 1.29 is 4.79 Å². The molecular weight excluding hydrogens is 394 g/mol. The van der Waals surface area contributed by atoms with Gasteiger partial charge in [0.1, 0.15) is 5.92 Å². The first-order chi connectivity index (χ1) is 14.7. The predicted octanol–water partition coefficient (Wildman–Crippen LogP) is 5.35. The number of fused-ring (bicyclic) bond motifs is 1. The molecule has 4 nitrogen and oxygen atoms in total. The summed E-state index contributed by atoms with van der Waals surface area (Å²) in [5.41, 5.74) is 5.39. The van der Waals surface area contributed by atoms with Crippen molar-refractivity contribution in [3.63, 3.8) is 0 Å². The summed E-state index contributed by atoms with van der Waals surface area (Å²) in [6.45, 7) is 4.03. The van der Waals surface area contributed by atoms with Crippen LogP contribution in [0.2, 0.25) is 5.02 Å². The Balaban J connectivity index is 1.71. The highest BCUT2D eigenvalue weighted by atomic mass is 35.5. The zero-order valence-corrected chi connectivity index (χ0v) is 17.6. The molecule has 0 saturated carbocycles. The van der Waals surface area contributed by atoms with Crippen LogP contribution < -0.4 is 10.6 Å². The highest BCUT2D eigenvalue weighted by molar-refractivity contribution is 6.31. The Bertz CT molecular complexity index is 1060. The molecule has 152 valence electrons. The third-order valence-electron chi connectivity index (χ3n) is 5.22. The Kier molecular flexibility index (Phi) is 6.26. The molecule has 1 amide bonds. The van der Waals surface area contributed by atoms with Gasteiger partial charge in [-0.3, -0.25) is 9.79 Å². The fourth-order valence-corrected chi connectivity index (χ4v) is 3.87. The maximum Gasteiger partial charge on any atom is 0.238 e. The monoisotopic (exact) mass is 417 g/mol. The summed E-state index contributed by atoms with van der Waals surface area (Å²) >= 11 is 6.12. The molecule has 2 N–H and O–H groups in total. The minimum atomic E-state index is -0.479. The van der Waals surface area contributed by atoms with E-state index in [0.29, 0.717) is 5.02 Å². The molecule has 1 aliphatic rings. The largest absolute Gasteiger partial charge is 0.325 e. The van der Waals surface area contributed by atoms with E-state index in [1.807, 2.05) is 54.6 Å². The van der Waals surface area contributed by atoms with E-state index in [2.05, 4.69) is 29.7 Å². The number of benzene rings is 3. The van der Waals surface area contributed by atoms with E-state index in [1.165, 1.54) is 5.56 Å². The molecule has 3 aromatic rings. The van der Waals surface area contributed by atoms with Crippen molar-refractivity contribution in [1.82, 2.24) is 5.32 Å². The van der Waals surface area contributed by atoms with Gasteiger partial charge in [0.05, 0.1) is 11.4 Å². The van der Waals surface area contributed by atoms with Crippen molar-refractivity contribution >= 4 is 34.6 Å². The maximum absolute atomic E-state index is 12.9. The number of amides is 1. The molecule has 0 bridgehead atoms. The van der Waals surface area contributed by atoms with Crippen molar-refractivity contribution in [2.75, 3.05) is 18.4 Å². The maximum atomic E-state index is 12.9. The van der Waals surface area contributed by atoms with Gasteiger partial charge in [0.15, 0.2) is 0 Å². The Morgan fingerprint density at radius 3 is 2.57 bits per heavy atom. The van der Waals surface area contributed by atoms with Crippen LogP contribution in [0.25, 0.3) is 0 Å². The number of carbonyl (C=O) groups excluding carboxylic acids is 1. The summed E-state index contributed by atoms with van der Waals surface area (Å²) in [6, 6.07) is 23.6. The molecule has 0 spiro atoms. The quantitative estimate of drug-likeness (QED) is 0.402. The number of aliphatic imine (C=N–C) groups is 1. The lowest BCUT2D eigenvalue weighted by atomic mass is 9.90. The van der Waals surface area contributed by atoms with Gasteiger partial charge in [0, 0.05) is 10.7 Å². The van der Waals surface area contributed by atoms with Gasteiger partial charge < -0.3 is 10.6 Å². The van der Waals surface area contributed by atoms with Crippen LogP contribution in [0.3, 0.4) is 0 Å². The number of anilines is 1. The Labute approximate surface area is 182 Å².